The van der Waals surface area contributed by atoms with E-state index in [0.29, 0.717) is 0 Å². The van der Waals surface area contributed by atoms with Gasteiger partial charge in [0.2, 0.25) is 10.3 Å². The van der Waals surface area contributed by atoms with Gasteiger partial charge in [0.15, 0.2) is 0 Å². The summed E-state index contributed by atoms with van der Waals surface area (Å²) in [4.78, 5) is 6.92. The van der Waals surface area contributed by atoms with Gasteiger partial charge in [0.05, 0.1) is 0 Å². The Balaban J connectivity index is 1.31. The average molecular weight is 475 g/mol. The first-order valence-electron chi connectivity index (χ1n) is 10.8. The molecule has 5 aromatic rings. The number of rotatable bonds is 9. The van der Waals surface area contributed by atoms with Crippen LogP contribution in [-0.4, -0.2) is 46.0 Å². The molecule has 6 rings (SSSR count). The molecule has 0 radical (unpaired) electrons. The highest BCUT2D eigenvalue weighted by Gasteiger charge is 2.45. The van der Waals surface area contributed by atoms with Crippen molar-refractivity contribution in [3.63, 3.8) is 0 Å². The summed E-state index contributed by atoms with van der Waals surface area (Å²) in [5.41, 5.74) is 7.43. The first kappa shape index (κ1) is 20.4. The zero-order chi connectivity index (χ0) is 22.1. The number of aromatic nitrogens is 7. The molecule has 0 aliphatic heterocycles. The molecule has 0 atom stereocenters. The second-order valence-electron chi connectivity index (χ2n) is 8.35. The molecule has 1 aliphatic carbocycles. The van der Waals surface area contributed by atoms with Gasteiger partial charge >= 0.3 is 0 Å². The molecule has 5 aromatic heterocycles. The highest BCUT2D eigenvalue weighted by Crippen LogP contribution is 2.48. The minimum absolute atomic E-state index is 0.161. The smallest absolute Gasteiger partial charge is 0.216 e. The van der Waals surface area contributed by atoms with E-state index in [4.69, 9.17) is 0 Å². The van der Waals surface area contributed by atoms with Crippen LogP contribution in [0.1, 0.15) is 29.8 Å². The van der Waals surface area contributed by atoms with Crippen molar-refractivity contribution in [1.82, 2.24) is 39.4 Å². The summed E-state index contributed by atoms with van der Waals surface area (Å²) in [6.07, 6.45) is 10.4. The maximum atomic E-state index is 4.39. The highest BCUT2D eigenvalue weighted by molar-refractivity contribution is 7.12. The molecule has 166 valence electrons. The zero-order valence-corrected chi connectivity index (χ0v) is 19.5. The molecule has 0 spiro atoms. The zero-order valence-electron chi connectivity index (χ0n) is 17.9. The third kappa shape index (κ3) is 4.12. The molecular formula is C23H22N8S2. The Kier molecular flexibility index (Phi) is 5.33. The summed E-state index contributed by atoms with van der Waals surface area (Å²) >= 11 is 3.09. The molecule has 10 heteroatoms. The van der Waals surface area contributed by atoms with E-state index < -0.39 is 0 Å². The van der Waals surface area contributed by atoms with Crippen LogP contribution in [0.5, 0.6) is 0 Å². The molecule has 5 heterocycles. The molecule has 1 aliphatic rings. The third-order valence-electron chi connectivity index (χ3n) is 6.20. The van der Waals surface area contributed by atoms with Crippen LogP contribution in [0.15, 0.2) is 72.2 Å². The van der Waals surface area contributed by atoms with Crippen molar-refractivity contribution in [1.29, 1.82) is 0 Å². The van der Waals surface area contributed by atoms with E-state index in [-0.39, 0.29) is 5.41 Å². The Hall–Kier alpha value is -3.21. The van der Waals surface area contributed by atoms with Gasteiger partial charge < -0.3 is 0 Å². The van der Waals surface area contributed by atoms with Crippen LogP contribution < -0.4 is 0 Å². The van der Waals surface area contributed by atoms with E-state index in [1.54, 1.807) is 33.7 Å². The predicted octanol–water partition coefficient (Wildman–Crippen LogP) is 4.10. The molecule has 33 heavy (non-hydrogen) atoms. The van der Waals surface area contributed by atoms with Gasteiger partial charge in [-0.25, -0.2) is 0 Å². The van der Waals surface area contributed by atoms with Crippen LogP contribution >= 0.6 is 22.7 Å². The molecule has 0 saturated heterocycles. The molecule has 1 fully saturated rings. The standard InChI is InChI=1S/C23H22N8S2/c1-4-18(12-24-9-1)23(7-8-23)15-29(13-19-5-2-10-30(19)21-27-25-16-32-21)14-20-6-3-11-31(20)22-28-26-17-33-22/h1-6,9-12,16-17H,7-8,13-15H2. The molecular weight excluding hydrogens is 452 g/mol. The highest BCUT2D eigenvalue weighted by atomic mass is 32.1. The summed E-state index contributed by atoms with van der Waals surface area (Å²) < 4.78 is 4.27. The summed E-state index contributed by atoms with van der Waals surface area (Å²) in [5, 5.41) is 18.4. The van der Waals surface area contributed by atoms with Crippen molar-refractivity contribution < 1.29 is 0 Å². The topological polar surface area (TPSA) is 77.5 Å². The third-order valence-corrected chi connectivity index (χ3v) is 7.58. The van der Waals surface area contributed by atoms with Gasteiger partial charge in [-0.1, -0.05) is 28.7 Å². The number of pyridine rings is 1. The molecule has 0 unspecified atom stereocenters. The minimum atomic E-state index is 0.161. The van der Waals surface area contributed by atoms with Gasteiger partial charge in [-0.3, -0.25) is 19.0 Å². The van der Waals surface area contributed by atoms with Crippen molar-refractivity contribution >= 4 is 22.7 Å². The minimum Gasteiger partial charge on any atom is -0.294 e. The molecule has 0 bridgehead atoms. The second-order valence-corrected chi connectivity index (χ2v) is 9.97. The van der Waals surface area contributed by atoms with Gasteiger partial charge in [-0.2, -0.15) is 0 Å². The van der Waals surface area contributed by atoms with Crippen LogP contribution in [0.2, 0.25) is 0 Å². The monoisotopic (exact) mass is 474 g/mol. The van der Waals surface area contributed by atoms with Crippen LogP contribution in [0.4, 0.5) is 0 Å². The van der Waals surface area contributed by atoms with E-state index >= 15 is 0 Å². The van der Waals surface area contributed by atoms with E-state index in [0.717, 1.165) is 29.9 Å². The first-order chi connectivity index (χ1) is 16.3. The lowest BCUT2D eigenvalue weighted by Crippen LogP contribution is -2.33. The van der Waals surface area contributed by atoms with Gasteiger partial charge in [0.1, 0.15) is 11.0 Å². The first-order valence-corrected chi connectivity index (χ1v) is 12.6. The predicted molar refractivity (Wildman–Crippen MR) is 128 cm³/mol. The number of hydrogen-bond acceptors (Lipinski definition) is 8. The fourth-order valence-corrected chi connectivity index (χ4v) is 5.58. The summed E-state index contributed by atoms with van der Waals surface area (Å²) in [5.74, 6) is 0. The van der Waals surface area contributed by atoms with Gasteiger partial charge in [0.25, 0.3) is 0 Å². The van der Waals surface area contributed by atoms with Crippen molar-refractivity contribution in [3.05, 3.63) is 89.2 Å². The summed E-state index contributed by atoms with van der Waals surface area (Å²) in [6, 6.07) is 12.7. The van der Waals surface area contributed by atoms with Crippen LogP contribution in [0, 0.1) is 0 Å². The quantitative estimate of drug-likeness (QED) is 0.320. The van der Waals surface area contributed by atoms with Crippen LogP contribution in [-0.2, 0) is 18.5 Å². The van der Waals surface area contributed by atoms with Crippen LogP contribution in [0.3, 0.4) is 0 Å². The lowest BCUT2D eigenvalue weighted by atomic mass is 9.97. The molecule has 0 amide bonds. The number of hydrogen-bond donors (Lipinski definition) is 0. The molecule has 8 nitrogen and oxygen atoms in total. The Labute approximate surface area is 199 Å². The number of nitrogens with zero attached hydrogens (tertiary/aromatic N) is 8. The fourth-order valence-electron chi connectivity index (χ4n) is 4.43. The van der Waals surface area contributed by atoms with E-state index in [9.17, 15) is 0 Å². The Morgan fingerprint density at radius 1 is 0.848 bits per heavy atom. The molecule has 0 N–H and O–H groups in total. The SMILES string of the molecule is c1cncc(C2(CN(Cc3cccn3-c3nncs3)Cc3cccn3-c3nncs3)CC2)c1. The molecule has 1 saturated carbocycles. The van der Waals surface area contributed by atoms with E-state index in [1.165, 1.54) is 29.8 Å². The Morgan fingerprint density at radius 3 is 1.97 bits per heavy atom. The average Bonchev–Trinajstić information content (AvgIpc) is 3.42. The van der Waals surface area contributed by atoms with Crippen molar-refractivity contribution in [2.75, 3.05) is 6.54 Å². The van der Waals surface area contributed by atoms with E-state index in [1.807, 2.05) is 18.5 Å². The lowest BCUT2D eigenvalue weighted by molar-refractivity contribution is 0.224. The fraction of sp³-hybridized carbons (Fsp3) is 0.261. The second kappa shape index (κ2) is 8.62. The molecule has 0 aromatic carbocycles. The summed E-state index contributed by atoms with van der Waals surface area (Å²) in [6.45, 7) is 2.56. The van der Waals surface area contributed by atoms with Crippen molar-refractivity contribution in [2.24, 2.45) is 0 Å². The van der Waals surface area contributed by atoms with Crippen molar-refractivity contribution in [3.8, 4) is 10.3 Å². The summed E-state index contributed by atoms with van der Waals surface area (Å²) in [7, 11) is 0. The maximum Gasteiger partial charge on any atom is 0.216 e. The largest absolute Gasteiger partial charge is 0.294 e. The van der Waals surface area contributed by atoms with Gasteiger partial charge in [-0.15, -0.1) is 20.4 Å². The van der Waals surface area contributed by atoms with Gasteiger partial charge in [0, 0.05) is 61.2 Å². The normalized spacial score (nSPS) is 14.7. The van der Waals surface area contributed by atoms with E-state index in [2.05, 4.69) is 82.1 Å². The lowest BCUT2D eigenvalue weighted by Gasteiger charge is -2.28. The Morgan fingerprint density at radius 2 is 1.48 bits per heavy atom. The van der Waals surface area contributed by atoms with Crippen molar-refractivity contribution in [2.45, 2.75) is 31.3 Å². The Bertz CT molecular complexity index is 1230. The van der Waals surface area contributed by atoms with Gasteiger partial charge in [-0.05, 0) is 48.7 Å². The van der Waals surface area contributed by atoms with Crippen LogP contribution in [0.25, 0.3) is 10.3 Å². The maximum absolute atomic E-state index is 4.39.